The molecule has 1 N–H and O–H groups in total. The van der Waals surface area contributed by atoms with E-state index in [1.807, 2.05) is 0 Å². The molecule has 2 rings (SSSR count). The number of carbonyl (C=O) groups excluding carboxylic acids is 1. The number of thiazole rings is 1. The van der Waals surface area contributed by atoms with E-state index < -0.39 is 17.8 Å². The molecule has 1 aromatic heterocycles. The molecule has 0 fully saturated rings. The summed E-state index contributed by atoms with van der Waals surface area (Å²) in [5.41, 5.74) is -0.788. The highest BCUT2D eigenvalue weighted by Gasteiger charge is 2.34. The second-order valence-corrected chi connectivity index (χ2v) is 4.78. The summed E-state index contributed by atoms with van der Waals surface area (Å²) in [5, 5.41) is 3.08. The van der Waals surface area contributed by atoms with E-state index in [0.717, 1.165) is 5.38 Å². The Labute approximate surface area is 122 Å². The molecule has 0 unspecified atom stereocenters. The quantitative estimate of drug-likeness (QED) is 0.933. The lowest BCUT2D eigenvalue weighted by atomic mass is 10.2. The Morgan fingerprint density at radius 1 is 1.38 bits per heavy atom. The lowest BCUT2D eigenvalue weighted by Gasteiger charge is -2.09. The van der Waals surface area contributed by atoms with Gasteiger partial charge in [-0.3, -0.25) is 10.1 Å². The van der Waals surface area contributed by atoms with E-state index in [1.165, 1.54) is 6.07 Å². The SMILES string of the molecule is CCOc1ccccc1C(=O)Nc1nc(C(F)(F)F)cs1. The van der Waals surface area contributed by atoms with Gasteiger partial charge < -0.3 is 4.74 Å². The largest absolute Gasteiger partial charge is 0.493 e. The number of aromatic nitrogens is 1. The summed E-state index contributed by atoms with van der Waals surface area (Å²) in [4.78, 5) is 15.4. The van der Waals surface area contributed by atoms with E-state index in [9.17, 15) is 18.0 Å². The molecule has 0 aliphatic rings. The van der Waals surface area contributed by atoms with Gasteiger partial charge in [0.1, 0.15) is 5.75 Å². The molecule has 0 saturated carbocycles. The van der Waals surface area contributed by atoms with Gasteiger partial charge in [0.15, 0.2) is 10.8 Å². The number of hydrogen-bond acceptors (Lipinski definition) is 4. The zero-order valence-electron chi connectivity index (χ0n) is 10.9. The highest BCUT2D eigenvalue weighted by atomic mass is 32.1. The molecule has 1 aromatic carbocycles. The first-order valence-corrected chi connectivity index (χ1v) is 6.85. The molecular formula is C13H11F3N2O2S. The van der Waals surface area contributed by atoms with Crippen LogP contribution in [0.1, 0.15) is 23.0 Å². The fourth-order valence-corrected chi connectivity index (χ4v) is 2.27. The average Bonchev–Trinajstić information content (AvgIpc) is 2.88. The van der Waals surface area contributed by atoms with Crippen molar-refractivity contribution in [1.29, 1.82) is 0 Å². The Bertz CT molecular complexity index is 640. The Morgan fingerprint density at radius 2 is 2.10 bits per heavy atom. The number of carbonyl (C=O) groups is 1. The molecule has 0 saturated heterocycles. The maximum atomic E-state index is 12.4. The van der Waals surface area contributed by atoms with Crippen LogP contribution in [-0.4, -0.2) is 17.5 Å². The Balaban J connectivity index is 2.17. The normalized spacial score (nSPS) is 11.2. The van der Waals surface area contributed by atoms with Gasteiger partial charge in [0.05, 0.1) is 12.2 Å². The summed E-state index contributed by atoms with van der Waals surface area (Å²) in [6, 6.07) is 6.48. The number of anilines is 1. The van der Waals surface area contributed by atoms with Crippen molar-refractivity contribution >= 4 is 22.4 Å². The van der Waals surface area contributed by atoms with Gasteiger partial charge in [-0.15, -0.1) is 11.3 Å². The lowest BCUT2D eigenvalue weighted by Crippen LogP contribution is -2.14. The third-order valence-electron chi connectivity index (χ3n) is 2.45. The summed E-state index contributed by atoms with van der Waals surface area (Å²) in [6.07, 6.45) is -4.53. The molecule has 0 aliphatic heterocycles. The highest BCUT2D eigenvalue weighted by molar-refractivity contribution is 7.14. The van der Waals surface area contributed by atoms with Gasteiger partial charge in [0.2, 0.25) is 0 Å². The standard InChI is InChI=1S/C13H11F3N2O2S/c1-2-20-9-6-4-3-5-8(9)11(19)18-12-17-10(7-21-12)13(14,15)16/h3-7H,2H2,1H3,(H,17,18,19). The first-order valence-electron chi connectivity index (χ1n) is 5.97. The van der Waals surface area contributed by atoms with Crippen molar-refractivity contribution in [3.05, 3.63) is 40.9 Å². The summed E-state index contributed by atoms with van der Waals surface area (Å²) < 4.78 is 42.6. The topological polar surface area (TPSA) is 51.2 Å². The maximum absolute atomic E-state index is 12.4. The average molecular weight is 316 g/mol. The Morgan fingerprint density at radius 3 is 2.71 bits per heavy atom. The number of nitrogens with one attached hydrogen (secondary N) is 1. The van der Waals surface area contributed by atoms with E-state index in [1.54, 1.807) is 25.1 Å². The predicted molar refractivity (Wildman–Crippen MR) is 72.7 cm³/mol. The van der Waals surface area contributed by atoms with Crippen LogP contribution >= 0.6 is 11.3 Å². The van der Waals surface area contributed by atoms with Gasteiger partial charge in [-0.25, -0.2) is 4.98 Å². The molecule has 0 spiro atoms. The number of nitrogens with zero attached hydrogens (tertiary/aromatic N) is 1. The van der Waals surface area contributed by atoms with Crippen LogP contribution in [0.15, 0.2) is 29.6 Å². The van der Waals surface area contributed by atoms with E-state index >= 15 is 0 Å². The molecule has 2 aromatic rings. The summed E-state index contributed by atoms with van der Waals surface area (Å²) >= 11 is 0.715. The molecule has 4 nitrogen and oxygen atoms in total. The van der Waals surface area contributed by atoms with Crippen molar-refractivity contribution < 1.29 is 22.7 Å². The van der Waals surface area contributed by atoms with Crippen LogP contribution in [0.2, 0.25) is 0 Å². The minimum Gasteiger partial charge on any atom is -0.493 e. The van der Waals surface area contributed by atoms with Crippen LogP contribution in [0, 0.1) is 0 Å². The third-order valence-corrected chi connectivity index (χ3v) is 3.20. The van der Waals surface area contributed by atoms with Crippen molar-refractivity contribution in [1.82, 2.24) is 4.98 Å². The van der Waals surface area contributed by atoms with Gasteiger partial charge in [-0.2, -0.15) is 13.2 Å². The zero-order chi connectivity index (χ0) is 15.5. The van der Waals surface area contributed by atoms with Gasteiger partial charge in [0.25, 0.3) is 5.91 Å². The molecule has 112 valence electrons. The molecular weight excluding hydrogens is 305 g/mol. The number of alkyl halides is 3. The maximum Gasteiger partial charge on any atom is 0.434 e. The highest BCUT2D eigenvalue weighted by Crippen LogP contribution is 2.32. The number of ether oxygens (including phenoxy) is 1. The molecule has 0 atom stereocenters. The van der Waals surface area contributed by atoms with Crippen LogP contribution < -0.4 is 10.1 Å². The van der Waals surface area contributed by atoms with Gasteiger partial charge in [0, 0.05) is 5.38 Å². The van der Waals surface area contributed by atoms with Crippen molar-refractivity contribution in [3.8, 4) is 5.75 Å². The van der Waals surface area contributed by atoms with E-state index in [4.69, 9.17) is 4.74 Å². The molecule has 1 amide bonds. The molecule has 0 radical (unpaired) electrons. The monoisotopic (exact) mass is 316 g/mol. The molecule has 0 aliphatic carbocycles. The third kappa shape index (κ3) is 3.72. The van der Waals surface area contributed by atoms with Crippen LogP contribution in [0.5, 0.6) is 5.75 Å². The summed E-state index contributed by atoms with van der Waals surface area (Å²) in [6.45, 7) is 2.14. The minimum absolute atomic E-state index is 0.112. The van der Waals surface area contributed by atoms with E-state index in [-0.39, 0.29) is 10.7 Å². The summed E-state index contributed by atoms with van der Waals surface area (Å²) in [5.74, 6) is -0.202. The zero-order valence-corrected chi connectivity index (χ0v) is 11.7. The molecule has 8 heteroatoms. The first-order chi connectivity index (χ1) is 9.91. The molecule has 21 heavy (non-hydrogen) atoms. The summed E-state index contributed by atoms with van der Waals surface area (Å²) in [7, 11) is 0. The second-order valence-electron chi connectivity index (χ2n) is 3.92. The van der Waals surface area contributed by atoms with Crippen LogP contribution in [0.25, 0.3) is 0 Å². The van der Waals surface area contributed by atoms with Gasteiger partial charge >= 0.3 is 6.18 Å². The van der Waals surface area contributed by atoms with Crippen molar-refractivity contribution in [2.24, 2.45) is 0 Å². The van der Waals surface area contributed by atoms with Crippen LogP contribution in [0.3, 0.4) is 0 Å². The molecule has 0 bridgehead atoms. The van der Waals surface area contributed by atoms with Gasteiger partial charge in [-0.05, 0) is 19.1 Å². The van der Waals surface area contributed by atoms with E-state index in [0.29, 0.717) is 23.7 Å². The number of benzene rings is 1. The number of amides is 1. The Hall–Kier alpha value is -2.09. The first kappa shape index (κ1) is 15.3. The van der Waals surface area contributed by atoms with Gasteiger partial charge in [-0.1, -0.05) is 12.1 Å². The molecule has 1 heterocycles. The number of para-hydroxylation sites is 1. The number of halogens is 3. The predicted octanol–water partition coefficient (Wildman–Crippen LogP) is 3.81. The minimum atomic E-state index is -4.53. The Kier molecular flexibility index (Phi) is 4.46. The van der Waals surface area contributed by atoms with Crippen molar-refractivity contribution in [2.45, 2.75) is 13.1 Å². The smallest absolute Gasteiger partial charge is 0.434 e. The lowest BCUT2D eigenvalue weighted by molar-refractivity contribution is -0.140. The number of hydrogen-bond donors (Lipinski definition) is 1. The second kappa shape index (κ2) is 6.13. The van der Waals surface area contributed by atoms with E-state index in [2.05, 4.69) is 10.3 Å². The fourth-order valence-electron chi connectivity index (χ4n) is 1.56. The number of rotatable bonds is 4. The fraction of sp³-hybridized carbons (Fsp3) is 0.231. The van der Waals surface area contributed by atoms with Crippen molar-refractivity contribution in [3.63, 3.8) is 0 Å². The van der Waals surface area contributed by atoms with Crippen LogP contribution in [-0.2, 0) is 6.18 Å². The van der Waals surface area contributed by atoms with Crippen LogP contribution in [0.4, 0.5) is 18.3 Å². The van der Waals surface area contributed by atoms with Crippen molar-refractivity contribution in [2.75, 3.05) is 11.9 Å².